The van der Waals surface area contributed by atoms with Crippen molar-refractivity contribution >= 4 is 9.05 Å². The third kappa shape index (κ3) is 63.0. The summed E-state index contributed by atoms with van der Waals surface area (Å²) >= 11 is 0. The first kappa shape index (κ1) is 45.3. The number of rotatable bonds is 15. The van der Waals surface area contributed by atoms with Gasteiger partial charge in [0.25, 0.3) is 0 Å². The molecule has 0 amide bonds. The molecule has 0 aliphatic heterocycles. The molecule has 146 valence electrons. The van der Waals surface area contributed by atoms with Gasteiger partial charge in [0.2, 0.25) is 0 Å². The third-order valence-corrected chi connectivity index (χ3v) is 3.72. The third-order valence-electron chi connectivity index (χ3n) is 3.72. The number of nitrogens with two attached hydrogens (primary N) is 1. The molecule has 0 aromatic rings. The molecule has 0 saturated heterocycles. The van der Waals surface area contributed by atoms with Gasteiger partial charge in [-0.2, -0.15) is 0 Å². The van der Waals surface area contributed by atoms with E-state index < -0.39 is 9.05 Å². The van der Waals surface area contributed by atoms with E-state index >= 15 is 0 Å². The van der Waals surface area contributed by atoms with E-state index in [-0.39, 0.29) is 118 Å². The Hall–Kier alpha value is 3.76. The molecule has 0 aliphatic carbocycles. The first-order valence-electron chi connectivity index (χ1n) is 9.58. The summed E-state index contributed by atoms with van der Waals surface area (Å²) in [6.45, 7) is 3.14. The monoisotopic (exact) mass is 451 g/mol. The normalized spacial score (nSPS) is 9.93. The Morgan fingerprint density at radius 3 is 1.18 bits per heavy atom. The maximum atomic E-state index is 8.58. The topological polar surface area (TPSA) is 118 Å². The summed E-state index contributed by atoms with van der Waals surface area (Å²) in [7, 11) is -5.61. The predicted octanol–water partition coefficient (Wildman–Crippen LogP) is -11.1. The smallest absolute Gasteiger partial charge is 0.894 e. The van der Waals surface area contributed by atoms with Gasteiger partial charge in [0.05, 0.1) is 0 Å². The van der Waals surface area contributed by atoms with Gasteiger partial charge < -0.3 is 34.0 Å². The molecule has 0 spiro atoms. The summed E-state index contributed by atoms with van der Waals surface area (Å²) in [6, 6.07) is 0. The van der Waals surface area contributed by atoms with Crippen molar-refractivity contribution in [3.8, 4) is 0 Å². The molecular weight excluding hydrogens is 414 g/mol. The van der Waals surface area contributed by atoms with Crippen LogP contribution in [0.2, 0.25) is 0 Å². The molecule has 5 nitrogen and oxygen atoms in total. The molecule has 0 heterocycles. The maximum absolute atomic E-state index is 8.58. The average Bonchev–Trinajstić information content (AvgIpc) is 2.49. The van der Waals surface area contributed by atoms with Gasteiger partial charge in [-0.25, -0.2) is 0 Å². The van der Waals surface area contributed by atoms with Crippen molar-refractivity contribution in [2.24, 2.45) is 5.73 Å². The van der Waals surface area contributed by atoms with Crippen LogP contribution in [-0.4, -0.2) is 15.6 Å². The summed E-state index contributed by atoms with van der Waals surface area (Å²) in [5.41, 5.74) is 5.47. The van der Waals surface area contributed by atoms with Gasteiger partial charge in [-0.05, 0) is 38.6 Å². The van der Waals surface area contributed by atoms with Gasteiger partial charge >= 0.3 is 118 Å². The Kier molecular flexibility index (Phi) is 61.5. The minimum atomic E-state index is -5.61. The maximum Gasteiger partial charge on any atom is 1.00 e. The average molecular weight is 452 g/mol. The van der Waals surface area contributed by atoms with Gasteiger partial charge in [-0.1, -0.05) is 76.9 Å². The first-order chi connectivity index (χ1) is 11.4. The molecule has 0 aromatic carbocycles. The molecule has 0 fully saturated rings. The SMILES string of the molecule is CCCCCCCC/C=C\CCCCCCCCN.[Na+].[Na+].[Na+].[Na+].[O-][Si]([O-])([O-])[O-]. The van der Waals surface area contributed by atoms with Crippen molar-refractivity contribution in [1.82, 2.24) is 0 Å². The van der Waals surface area contributed by atoms with Gasteiger partial charge in [0, 0.05) is 0 Å². The van der Waals surface area contributed by atoms with E-state index in [0.29, 0.717) is 0 Å². The summed E-state index contributed by atoms with van der Waals surface area (Å²) in [5.74, 6) is 0. The van der Waals surface area contributed by atoms with E-state index in [1.807, 2.05) is 0 Å². The molecule has 2 N–H and O–H groups in total. The van der Waals surface area contributed by atoms with Crippen LogP contribution >= 0.6 is 0 Å². The van der Waals surface area contributed by atoms with Crippen LogP contribution in [0.15, 0.2) is 12.2 Å². The number of unbranched alkanes of at least 4 members (excludes halogenated alkanes) is 12. The van der Waals surface area contributed by atoms with Gasteiger partial charge in [0.15, 0.2) is 0 Å². The summed E-state index contributed by atoms with van der Waals surface area (Å²) in [5, 5.41) is 0. The molecule has 0 aliphatic rings. The molecule has 10 heteroatoms. The number of hydrogen-bond acceptors (Lipinski definition) is 5. The van der Waals surface area contributed by atoms with E-state index in [2.05, 4.69) is 19.1 Å². The second kappa shape index (κ2) is 38.0. The Balaban J connectivity index is -0.000000120. The molecule has 28 heavy (non-hydrogen) atoms. The van der Waals surface area contributed by atoms with Crippen molar-refractivity contribution in [1.29, 1.82) is 0 Å². The molecule has 0 aromatic heterocycles. The van der Waals surface area contributed by atoms with E-state index in [9.17, 15) is 0 Å². The molecule has 0 atom stereocenters. The molecule has 0 rings (SSSR count). The van der Waals surface area contributed by atoms with Crippen LogP contribution in [0.3, 0.4) is 0 Å². The van der Waals surface area contributed by atoms with Crippen molar-refractivity contribution in [3.05, 3.63) is 12.2 Å². The fraction of sp³-hybridized carbons (Fsp3) is 0.889. The van der Waals surface area contributed by atoms with Crippen LogP contribution in [0.5, 0.6) is 0 Å². The Morgan fingerprint density at radius 1 is 0.571 bits per heavy atom. The zero-order valence-corrected chi connectivity index (χ0v) is 28.5. The second-order valence-electron chi connectivity index (χ2n) is 6.23. The molecular formula is C18H37NNa4O4Si. The molecule has 0 unspecified atom stereocenters. The summed E-state index contributed by atoms with van der Waals surface area (Å²) < 4.78 is 0. The first-order valence-corrected chi connectivity index (χ1v) is 11.2. The van der Waals surface area contributed by atoms with Crippen LogP contribution in [0.25, 0.3) is 0 Å². The van der Waals surface area contributed by atoms with Crippen molar-refractivity contribution in [3.63, 3.8) is 0 Å². The second-order valence-corrected chi connectivity index (χ2v) is 7.23. The minimum absolute atomic E-state index is 0. The van der Waals surface area contributed by atoms with Crippen molar-refractivity contribution in [2.45, 2.75) is 96.8 Å². The number of allylic oxidation sites excluding steroid dienone is 2. The van der Waals surface area contributed by atoms with Gasteiger partial charge in [-0.15, -0.1) is 0 Å². The van der Waals surface area contributed by atoms with E-state index in [4.69, 9.17) is 24.9 Å². The van der Waals surface area contributed by atoms with Crippen LogP contribution in [0.1, 0.15) is 96.8 Å². The largest absolute Gasteiger partial charge is 1.00 e. The van der Waals surface area contributed by atoms with E-state index in [1.165, 1.54) is 89.9 Å². The predicted molar refractivity (Wildman–Crippen MR) is 94.3 cm³/mol. The fourth-order valence-corrected chi connectivity index (χ4v) is 2.39. The molecule has 0 bridgehead atoms. The van der Waals surface area contributed by atoms with Gasteiger partial charge in [0.1, 0.15) is 0 Å². The zero-order chi connectivity index (χ0) is 18.5. The minimum Gasteiger partial charge on any atom is -0.894 e. The van der Waals surface area contributed by atoms with Crippen LogP contribution in [-0.2, 0) is 0 Å². The van der Waals surface area contributed by atoms with E-state index in [1.54, 1.807) is 0 Å². The summed E-state index contributed by atoms with van der Waals surface area (Å²) in [4.78, 5) is 34.3. The molecule has 0 saturated carbocycles. The fourth-order valence-electron chi connectivity index (χ4n) is 2.39. The number of hydrogen-bond donors (Lipinski definition) is 1. The Labute approximate surface area is 263 Å². The quantitative estimate of drug-likeness (QED) is 0.151. The van der Waals surface area contributed by atoms with Crippen LogP contribution in [0, 0.1) is 0 Å². The Morgan fingerprint density at radius 2 is 0.857 bits per heavy atom. The Bertz CT molecular complexity index is 268. The van der Waals surface area contributed by atoms with E-state index in [0.717, 1.165) is 6.54 Å². The van der Waals surface area contributed by atoms with Gasteiger partial charge in [-0.3, -0.25) is 0 Å². The summed E-state index contributed by atoms with van der Waals surface area (Å²) in [6.07, 6.45) is 23.9. The van der Waals surface area contributed by atoms with Crippen LogP contribution < -0.4 is 143 Å². The van der Waals surface area contributed by atoms with Crippen LogP contribution in [0.4, 0.5) is 0 Å². The zero-order valence-electron chi connectivity index (χ0n) is 19.5. The van der Waals surface area contributed by atoms with Crippen molar-refractivity contribution < 1.29 is 137 Å². The molecule has 0 radical (unpaired) electrons. The van der Waals surface area contributed by atoms with Crippen molar-refractivity contribution in [2.75, 3.05) is 6.54 Å². The standard InChI is InChI=1S/C18H37N.4Na.O4Si/c1-2-3-4-5-6-7-8-9-10-11-12-13-14-15-16-17-18-19;;;;;1-5(2,3)4/h9-10H,2-8,11-19H2,1H3;;;;;/q;4*+1;-4/b10-9-;;;;;.